The van der Waals surface area contributed by atoms with Gasteiger partial charge in [-0.05, 0) is 31.2 Å². The van der Waals surface area contributed by atoms with Gasteiger partial charge in [0.15, 0.2) is 0 Å². The number of benzene rings is 2. The Morgan fingerprint density at radius 1 is 1.29 bits per heavy atom. The first-order valence-electron chi connectivity index (χ1n) is 8.29. The Morgan fingerprint density at radius 3 is 2.68 bits per heavy atom. The van der Waals surface area contributed by atoms with Gasteiger partial charge >= 0.3 is 6.03 Å². The molecule has 0 bridgehead atoms. The molecule has 9 heteroatoms. The van der Waals surface area contributed by atoms with E-state index in [1.807, 2.05) is 6.07 Å². The molecule has 1 saturated heterocycles. The van der Waals surface area contributed by atoms with Crippen LogP contribution < -0.4 is 15.4 Å². The minimum atomic E-state index is -1.27. The van der Waals surface area contributed by atoms with Gasteiger partial charge < -0.3 is 15.4 Å². The summed E-state index contributed by atoms with van der Waals surface area (Å²) in [7, 11) is 1.46. The number of nitrogens with zero attached hydrogens (tertiary/aromatic N) is 1. The van der Waals surface area contributed by atoms with Gasteiger partial charge in [0.25, 0.3) is 5.91 Å². The number of halogens is 2. The average molecular weight is 467 g/mol. The molecule has 3 rings (SSSR count). The third-order valence-electron chi connectivity index (χ3n) is 4.42. The summed E-state index contributed by atoms with van der Waals surface area (Å²) >= 11 is 9.35. The third-order valence-corrected chi connectivity index (χ3v) is 5.35. The zero-order chi connectivity index (χ0) is 20.5. The predicted octanol–water partition coefficient (Wildman–Crippen LogP) is 3.52. The van der Waals surface area contributed by atoms with Crippen LogP contribution in [0.3, 0.4) is 0 Å². The van der Waals surface area contributed by atoms with Gasteiger partial charge in [-0.3, -0.25) is 14.5 Å². The van der Waals surface area contributed by atoms with Gasteiger partial charge in [-0.25, -0.2) is 4.79 Å². The van der Waals surface area contributed by atoms with Gasteiger partial charge in [-0.1, -0.05) is 45.7 Å². The Kier molecular flexibility index (Phi) is 5.62. The first-order valence-corrected chi connectivity index (χ1v) is 9.46. The van der Waals surface area contributed by atoms with E-state index in [-0.39, 0.29) is 0 Å². The Morgan fingerprint density at radius 2 is 2.00 bits per heavy atom. The van der Waals surface area contributed by atoms with E-state index in [2.05, 4.69) is 26.6 Å². The van der Waals surface area contributed by atoms with Crippen LogP contribution in [0.1, 0.15) is 12.5 Å². The number of carbonyl (C=O) groups is 3. The Bertz CT molecular complexity index is 968. The number of anilines is 1. The number of hydrogen-bond acceptors (Lipinski definition) is 4. The summed E-state index contributed by atoms with van der Waals surface area (Å²) in [6.07, 6.45) is 0. The molecule has 0 radical (unpaired) electrons. The quantitative estimate of drug-likeness (QED) is 0.660. The van der Waals surface area contributed by atoms with Gasteiger partial charge in [0, 0.05) is 15.1 Å². The molecule has 0 aliphatic carbocycles. The van der Waals surface area contributed by atoms with Gasteiger partial charge in [-0.15, -0.1) is 0 Å². The van der Waals surface area contributed by atoms with Crippen LogP contribution in [0.4, 0.5) is 10.5 Å². The maximum atomic E-state index is 13.0. The molecule has 1 aliphatic heterocycles. The van der Waals surface area contributed by atoms with Gasteiger partial charge in [0.2, 0.25) is 5.91 Å². The number of carbonyl (C=O) groups excluding carboxylic acids is 3. The van der Waals surface area contributed by atoms with Crippen molar-refractivity contribution in [3.8, 4) is 5.75 Å². The van der Waals surface area contributed by atoms with Gasteiger partial charge in [-0.2, -0.15) is 0 Å². The highest BCUT2D eigenvalue weighted by atomic mass is 79.9. The summed E-state index contributed by atoms with van der Waals surface area (Å²) in [4.78, 5) is 38.7. The number of imide groups is 1. The average Bonchev–Trinajstić information content (AvgIpc) is 2.86. The standard InChI is InChI=1S/C19H17BrClN3O4/c1-19(12-5-3-4-6-13(12)20)17(26)24(18(27)23-19)10-16(25)22-14-9-11(21)7-8-15(14)28-2/h3-9H,10H2,1-2H3,(H,22,25)(H,23,27). The molecule has 1 atom stereocenters. The lowest BCUT2D eigenvalue weighted by atomic mass is 9.92. The summed E-state index contributed by atoms with van der Waals surface area (Å²) < 4.78 is 5.86. The van der Waals surface area contributed by atoms with Crippen molar-refractivity contribution in [1.29, 1.82) is 0 Å². The zero-order valence-electron chi connectivity index (χ0n) is 15.1. The fourth-order valence-electron chi connectivity index (χ4n) is 3.00. The van der Waals surface area contributed by atoms with E-state index in [9.17, 15) is 14.4 Å². The molecule has 4 amide bonds. The van der Waals surface area contributed by atoms with Crippen LogP contribution >= 0.6 is 27.5 Å². The molecular weight excluding hydrogens is 450 g/mol. The van der Waals surface area contributed by atoms with Crippen LogP contribution in [0, 0.1) is 0 Å². The Balaban J connectivity index is 1.79. The monoisotopic (exact) mass is 465 g/mol. The van der Waals surface area contributed by atoms with Crippen LogP contribution in [-0.4, -0.2) is 36.4 Å². The second kappa shape index (κ2) is 7.81. The predicted molar refractivity (Wildman–Crippen MR) is 108 cm³/mol. The number of urea groups is 1. The largest absolute Gasteiger partial charge is 0.495 e. The fraction of sp³-hybridized carbons (Fsp3) is 0.211. The molecule has 0 aromatic heterocycles. The lowest BCUT2D eigenvalue weighted by Crippen LogP contribution is -2.42. The molecule has 146 valence electrons. The number of nitrogens with one attached hydrogen (secondary N) is 2. The highest BCUT2D eigenvalue weighted by Gasteiger charge is 2.50. The van der Waals surface area contributed by atoms with Crippen molar-refractivity contribution in [3.63, 3.8) is 0 Å². The number of ether oxygens (including phenoxy) is 1. The molecule has 28 heavy (non-hydrogen) atoms. The number of hydrogen-bond donors (Lipinski definition) is 2. The molecule has 1 aliphatic rings. The van der Waals surface area contributed by atoms with Crippen LogP contribution in [0.25, 0.3) is 0 Å². The van der Waals surface area contributed by atoms with E-state index >= 15 is 0 Å². The van der Waals surface area contributed by atoms with E-state index < -0.39 is 29.9 Å². The van der Waals surface area contributed by atoms with Gasteiger partial charge in [0.05, 0.1) is 12.8 Å². The molecule has 2 N–H and O–H groups in total. The summed E-state index contributed by atoms with van der Waals surface area (Å²) in [5.41, 5.74) is -0.320. The fourth-order valence-corrected chi connectivity index (χ4v) is 3.85. The van der Waals surface area contributed by atoms with E-state index in [4.69, 9.17) is 16.3 Å². The zero-order valence-corrected chi connectivity index (χ0v) is 17.4. The topological polar surface area (TPSA) is 87.7 Å². The lowest BCUT2D eigenvalue weighted by molar-refractivity contribution is -0.133. The van der Waals surface area contributed by atoms with E-state index in [1.54, 1.807) is 37.3 Å². The normalized spacial score (nSPS) is 18.8. The third kappa shape index (κ3) is 3.70. The van der Waals surface area contributed by atoms with Crippen molar-refractivity contribution < 1.29 is 19.1 Å². The van der Waals surface area contributed by atoms with Crippen LogP contribution in [-0.2, 0) is 15.1 Å². The molecule has 0 spiro atoms. The highest BCUT2D eigenvalue weighted by molar-refractivity contribution is 9.10. The Hall–Kier alpha value is -2.58. The summed E-state index contributed by atoms with van der Waals surface area (Å²) in [5, 5.41) is 5.70. The Labute approximate surface area is 175 Å². The number of rotatable bonds is 5. The minimum Gasteiger partial charge on any atom is -0.495 e. The molecular formula is C19H17BrClN3O4. The summed E-state index contributed by atoms with van der Waals surface area (Å²) in [6.45, 7) is 1.16. The van der Waals surface area contributed by atoms with Crippen LogP contribution in [0.5, 0.6) is 5.75 Å². The maximum absolute atomic E-state index is 13.0. The molecule has 1 unspecified atom stereocenters. The molecule has 2 aromatic carbocycles. The van der Waals surface area contributed by atoms with Crippen molar-refractivity contribution in [2.75, 3.05) is 19.0 Å². The van der Waals surface area contributed by atoms with E-state index in [1.165, 1.54) is 13.2 Å². The van der Waals surface area contributed by atoms with Gasteiger partial charge in [0.1, 0.15) is 17.8 Å². The smallest absolute Gasteiger partial charge is 0.325 e. The second-order valence-electron chi connectivity index (χ2n) is 6.32. The molecule has 1 fully saturated rings. The number of methoxy groups -OCH3 is 1. The van der Waals surface area contributed by atoms with Crippen molar-refractivity contribution in [1.82, 2.24) is 10.2 Å². The summed E-state index contributed by atoms with van der Waals surface area (Å²) in [6, 6.07) is 11.2. The van der Waals surface area contributed by atoms with E-state index in [0.717, 1.165) is 4.90 Å². The second-order valence-corrected chi connectivity index (χ2v) is 7.61. The minimum absolute atomic E-state index is 0.348. The number of amides is 4. The van der Waals surface area contributed by atoms with E-state index in [0.29, 0.717) is 26.5 Å². The molecule has 2 aromatic rings. The lowest BCUT2D eigenvalue weighted by Gasteiger charge is -2.23. The molecule has 7 nitrogen and oxygen atoms in total. The van der Waals surface area contributed by atoms with Crippen molar-refractivity contribution in [2.45, 2.75) is 12.5 Å². The van der Waals surface area contributed by atoms with Crippen molar-refractivity contribution in [3.05, 3.63) is 57.5 Å². The highest BCUT2D eigenvalue weighted by Crippen LogP contribution is 2.33. The first kappa shape index (κ1) is 20.2. The maximum Gasteiger partial charge on any atom is 0.325 e. The van der Waals surface area contributed by atoms with Crippen molar-refractivity contribution in [2.24, 2.45) is 0 Å². The summed E-state index contributed by atoms with van der Waals surface area (Å²) in [5.74, 6) is -0.661. The van der Waals surface area contributed by atoms with Crippen molar-refractivity contribution >= 4 is 51.1 Å². The van der Waals surface area contributed by atoms with Crippen LogP contribution in [0.15, 0.2) is 46.9 Å². The molecule has 0 saturated carbocycles. The first-order chi connectivity index (χ1) is 13.3. The SMILES string of the molecule is COc1ccc(Cl)cc1NC(=O)CN1C(=O)NC(C)(c2ccccc2Br)C1=O. The van der Waals surface area contributed by atoms with Crippen LogP contribution in [0.2, 0.25) is 5.02 Å². The molecule has 1 heterocycles.